The first-order valence-electron chi connectivity index (χ1n) is 9.38. The molecular formula is C21H20ClN3O3S. The molecule has 0 N–H and O–H groups in total. The summed E-state index contributed by atoms with van der Waals surface area (Å²) in [6.45, 7) is 3.96. The number of hydrogen-bond donors (Lipinski definition) is 0. The third-order valence-corrected chi connectivity index (χ3v) is 6.04. The number of aryl methyl sites for hydroxylation is 1. The molecule has 2 aromatic heterocycles. The molecule has 3 heterocycles. The van der Waals surface area contributed by atoms with Crippen LogP contribution in [0.3, 0.4) is 0 Å². The van der Waals surface area contributed by atoms with Gasteiger partial charge in [-0.2, -0.15) is 0 Å². The van der Waals surface area contributed by atoms with Gasteiger partial charge in [-0.3, -0.25) is 9.59 Å². The molecule has 0 radical (unpaired) electrons. The fourth-order valence-corrected chi connectivity index (χ4v) is 4.30. The van der Waals surface area contributed by atoms with E-state index in [1.807, 2.05) is 19.1 Å². The summed E-state index contributed by atoms with van der Waals surface area (Å²) in [7, 11) is 0. The van der Waals surface area contributed by atoms with Crippen LogP contribution in [0.2, 0.25) is 5.02 Å². The van der Waals surface area contributed by atoms with Crippen molar-refractivity contribution in [2.45, 2.75) is 13.3 Å². The summed E-state index contributed by atoms with van der Waals surface area (Å²) in [6.07, 6.45) is 0.705. The Hall–Kier alpha value is -2.64. The Morgan fingerprint density at radius 1 is 1.03 bits per heavy atom. The van der Waals surface area contributed by atoms with Gasteiger partial charge in [0.15, 0.2) is 10.8 Å². The number of thiazole rings is 1. The van der Waals surface area contributed by atoms with Crippen LogP contribution in [0.4, 0.5) is 0 Å². The highest BCUT2D eigenvalue weighted by atomic mass is 35.5. The second-order valence-electron chi connectivity index (χ2n) is 6.87. The Bertz CT molecular complexity index is 1050. The number of aromatic nitrogens is 1. The van der Waals surface area contributed by atoms with Crippen LogP contribution in [0.25, 0.3) is 10.8 Å². The van der Waals surface area contributed by atoms with E-state index in [1.54, 1.807) is 39.4 Å². The number of carbonyl (C=O) groups excluding carboxylic acids is 2. The SMILES string of the molecule is Cc1ccc(-c2nc(C(=O)N3CCCN(C(=O)c4ccccc4Cl)CC3)cs2)o1. The third-order valence-electron chi connectivity index (χ3n) is 4.85. The average molecular weight is 430 g/mol. The van der Waals surface area contributed by atoms with Crippen LogP contribution in [-0.2, 0) is 0 Å². The van der Waals surface area contributed by atoms with Crippen molar-refractivity contribution in [2.24, 2.45) is 0 Å². The number of carbonyl (C=O) groups is 2. The van der Waals surface area contributed by atoms with Crippen molar-refractivity contribution >= 4 is 34.8 Å². The quantitative estimate of drug-likeness (QED) is 0.620. The number of furan rings is 1. The maximum absolute atomic E-state index is 12.9. The van der Waals surface area contributed by atoms with Gasteiger partial charge >= 0.3 is 0 Å². The van der Waals surface area contributed by atoms with Gasteiger partial charge in [-0.05, 0) is 37.6 Å². The topological polar surface area (TPSA) is 66.7 Å². The molecule has 150 valence electrons. The number of benzene rings is 1. The molecule has 1 aliphatic rings. The zero-order valence-electron chi connectivity index (χ0n) is 15.9. The van der Waals surface area contributed by atoms with Gasteiger partial charge in [0.2, 0.25) is 0 Å². The van der Waals surface area contributed by atoms with Crippen molar-refractivity contribution in [2.75, 3.05) is 26.2 Å². The zero-order chi connectivity index (χ0) is 20.4. The van der Waals surface area contributed by atoms with E-state index in [9.17, 15) is 9.59 Å². The van der Waals surface area contributed by atoms with E-state index in [-0.39, 0.29) is 11.8 Å². The van der Waals surface area contributed by atoms with Crippen molar-refractivity contribution < 1.29 is 14.0 Å². The summed E-state index contributed by atoms with van der Waals surface area (Å²) in [6, 6.07) is 10.8. The predicted molar refractivity (Wildman–Crippen MR) is 112 cm³/mol. The lowest BCUT2D eigenvalue weighted by atomic mass is 10.2. The van der Waals surface area contributed by atoms with E-state index in [0.29, 0.717) is 59.6 Å². The fraction of sp³-hybridized carbons (Fsp3) is 0.286. The monoisotopic (exact) mass is 429 g/mol. The lowest BCUT2D eigenvalue weighted by Gasteiger charge is -2.22. The van der Waals surface area contributed by atoms with Gasteiger partial charge in [0, 0.05) is 31.6 Å². The smallest absolute Gasteiger partial charge is 0.273 e. The predicted octanol–water partition coefficient (Wildman–Crippen LogP) is 4.35. The van der Waals surface area contributed by atoms with Gasteiger partial charge in [-0.15, -0.1) is 11.3 Å². The first kappa shape index (κ1) is 19.7. The minimum absolute atomic E-state index is 0.103. The summed E-state index contributed by atoms with van der Waals surface area (Å²) >= 11 is 7.55. The van der Waals surface area contributed by atoms with Crippen LogP contribution >= 0.6 is 22.9 Å². The minimum Gasteiger partial charge on any atom is -0.459 e. The van der Waals surface area contributed by atoms with E-state index < -0.39 is 0 Å². The van der Waals surface area contributed by atoms with Crippen LogP contribution in [0.5, 0.6) is 0 Å². The highest BCUT2D eigenvalue weighted by Gasteiger charge is 2.26. The summed E-state index contributed by atoms with van der Waals surface area (Å²) in [4.78, 5) is 33.7. The molecule has 0 spiro atoms. The second kappa shape index (κ2) is 8.39. The van der Waals surface area contributed by atoms with Crippen LogP contribution in [-0.4, -0.2) is 52.8 Å². The van der Waals surface area contributed by atoms with Crippen LogP contribution in [0, 0.1) is 6.92 Å². The summed E-state index contributed by atoms with van der Waals surface area (Å²) in [5, 5.41) is 2.89. The molecule has 29 heavy (non-hydrogen) atoms. The molecular weight excluding hydrogens is 410 g/mol. The van der Waals surface area contributed by atoms with Crippen LogP contribution in [0.1, 0.15) is 33.0 Å². The lowest BCUT2D eigenvalue weighted by Crippen LogP contribution is -2.37. The van der Waals surface area contributed by atoms with Crippen LogP contribution in [0.15, 0.2) is 46.2 Å². The van der Waals surface area contributed by atoms with E-state index in [1.165, 1.54) is 11.3 Å². The zero-order valence-corrected chi connectivity index (χ0v) is 17.5. The first-order chi connectivity index (χ1) is 14.0. The number of amides is 2. The molecule has 0 unspecified atom stereocenters. The van der Waals surface area contributed by atoms with Crippen molar-refractivity contribution in [3.8, 4) is 10.8 Å². The molecule has 4 rings (SSSR count). The third kappa shape index (κ3) is 4.21. The van der Waals surface area contributed by atoms with Crippen LogP contribution < -0.4 is 0 Å². The molecule has 8 heteroatoms. The molecule has 0 atom stereocenters. The minimum atomic E-state index is -0.122. The van der Waals surface area contributed by atoms with E-state index in [4.69, 9.17) is 16.0 Å². The number of halogens is 1. The molecule has 0 saturated carbocycles. The Balaban J connectivity index is 1.43. The Kier molecular flexibility index (Phi) is 5.69. The Morgan fingerprint density at radius 2 is 1.76 bits per heavy atom. The summed E-state index contributed by atoms with van der Waals surface area (Å²) in [5.74, 6) is 1.25. The molecule has 1 fully saturated rings. The maximum Gasteiger partial charge on any atom is 0.273 e. The van der Waals surface area contributed by atoms with E-state index >= 15 is 0 Å². The normalized spacial score (nSPS) is 14.7. The molecule has 1 aromatic carbocycles. The molecule has 0 aliphatic carbocycles. The first-order valence-corrected chi connectivity index (χ1v) is 10.6. The standard InChI is InChI=1S/C21H20ClN3O3S/c1-14-7-8-18(28-14)19-23-17(13-29-19)21(27)25-10-4-9-24(11-12-25)20(26)15-5-2-3-6-16(15)22/h2-3,5-8,13H,4,9-12H2,1H3. The van der Waals surface area contributed by atoms with Gasteiger partial charge in [0.25, 0.3) is 11.8 Å². The van der Waals surface area contributed by atoms with Crippen molar-refractivity contribution in [3.63, 3.8) is 0 Å². The summed E-state index contributed by atoms with van der Waals surface area (Å²) in [5.41, 5.74) is 0.900. The van der Waals surface area contributed by atoms with Gasteiger partial charge < -0.3 is 14.2 Å². The molecule has 1 saturated heterocycles. The van der Waals surface area contributed by atoms with Gasteiger partial charge in [-0.25, -0.2) is 4.98 Å². The van der Waals surface area contributed by atoms with E-state index in [2.05, 4.69) is 4.98 Å². The lowest BCUT2D eigenvalue weighted by molar-refractivity contribution is 0.0716. The maximum atomic E-state index is 12.9. The number of nitrogens with zero attached hydrogens (tertiary/aromatic N) is 3. The number of rotatable bonds is 3. The van der Waals surface area contributed by atoms with Gasteiger partial charge in [0.05, 0.1) is 10.6 Å². The fourth-order valence-electron chi connectivity index (χ4n) is 3.33. The summed E-state index contributed by atoms with van der Waals surface area (Å²) < 4.78 is 5.59. The highest BCUT2D eigenvalue weighted by molar-refractivity contribution is 7.13. The van der Waals surface area contributed by atoms with Gasteiger partial charge in [0.1, 0.15) is 11.5 Å². The van der Waals surface area contributed by atoms with Crippen molar-refractivity contribution in [1.29, 1.82) is 0 Å². The van der Waals surface area contributed by atoms with Crippen molar-refractivity contribution in [1.82, 2.24) is 14.8 Å². The Labute approximate surface area is 177 Å². The second-order valence-corrected chi connectivity index (χ2v) is 8.13. The number of hydrogen-bond acceptors (Lipinski definition) is 5. The highest BCUT2D eigenvalue weighted by Crippen LogP contribution is 2.26. The van der Waals surface area contributed by atoms with Crippen molar-refractivity contribution in [3.05, 3.63) is 63.8 Å². The average Bonchev–Trinajstić information content (AvgIpc) is 3.30. The molecule has 2 amide bonds. The molecule has 3 aromatic rings. The van der Waals surface area contributed by atoms with Gasteiger partial charge in [-0.1, -0.05) is 23.7 Å². The molecule has 0 bridgehead atoms. The Morgan fingerprint density at radius 3 is 2.45 bits per heavy atom. The molecule has 6 nitrogen and oxygen atoms in total. The molecule has 1 aliphatic heterocycles. The van der Waals surface area contributed by atoms with E-state index in [0.717, 1.165) is 5.76 Å². The largest absolute Gasteiger partial charge is 0.459 e.